The Bertz CT molecular complexity index is 279. The molecule has 0 aliphatic heterocycles. The van der Waals surface area contributed by atoms with Gasteiger partial charge in [0.2, 0.25) is 0 Å². The molecule has 0 bridgehead atoms. The molecular formula is C9H9FO. The molecule has 0 atom stereocenters. The van der Waals surface area contributed by atoms with Gasteiger partial charge in [0, 0.05) is 5.56 Å². The number of phenolic OH excluding ortho intramolecular Hbond substituents is 1. The number of hydrogen-bond acceptors (Lipinski definition) is 1. The number of halogens is 1. The normalized spacial score (nSPS) is 10.7. The molecule has 0 aliphatic carbocycles. The van der Waals surface area contributed by atoms with Gasteiger partial charge in [0.25, 0.3) is 0 Å². The lowest BCUT2D eigenvalue weighted by atomic mass is 10.2. The third-order valence-electron chi connectivity index (χ3n) is 1.35. The van der Waals surface area contributed by atoms with Gasteiger partial charge in [-0.3, -0.25) is 0 Å². The molecule has 58 valence electrons. The van der Waals surface area contributed by atoms with Crippen LogP contribution in [0, 0.1) is 5.82 Å². The molecule has 0 aliphatic rings. The highest BCUT2D eigenvalue weighted by molar-refractivity contribution is 5.52. The molecule has 2 heteroatoms. The van der Waals surface area contributed by atoms with E-state index in [1.54, 1.807) is 31.2 Å². The second-order valence-corrected chi connectivity index (χ2v) is 2.18. The van der Waals surface area contributed by atoms with E-state index in [0.29, 0.717) is 5.56 Å². The van der Waals surface area contributed by atoms with Crippen LogP contribution in [0.5, 0.6) is 5.75 Å². The van der Waals surface area contributed by atoms with Gasteiger partial charge in [0.15, 0.2) is 11.6 Å². The molecule has 1 aromatic rings. The van der Waals surface area contributed by atoms with E-state index in [1.165, 1.54) is 6.07 Å². The van der Waals surface area contributed by atoms with Crippen molar-refractivity contribution in [1.82, 2.24) is 0 Å². The molecule has 1 aromatic carbocycles. The highest BCUT2D eigenvalue weighted by Crippen LogP contribution is 2.19. The van der Waals surface area contributed by atoms with Crippen molar-refractivity contribution in [1.29, 1.82) is 0 Å². The number of allylic oxidation sites excluding steroid dienone is 1. The Morgan fingerprint density at radius 2 is 2.18 bits per heavy atom. The summed E-state index contributed by atoms with van der Waals surface area (Å²) in [5, 5.41) is 8.92. The third kappa shape index (κ3) is 1.58. The Labute approximate surface area is 64.8 Å². The van der Waals surface area contributed by atoms with Gasteiger partial charge in [-0.1, -0.05) is 24.3 Å². The molecule has 0 saturated heterocycles. The summed E-state index contributed by atoms with van der Waals surface area (Å²) >= 11 is 0. The standard InChI is InChI=1S/C9H9FO/c1-2-4-7-5-3-6-8(11)9(7)10/h2-6,11H,1H3. The number of rotatable bonds is 1. The lowest BCUT2D eigenvalue weighted by molar-refractivity contribution is 0.432. The zero-order valence-electron chi connectivity index (χ0n) is 6.21. The van der Waals surface area contributed by atoms with Crippen LogP contribution >= 0.6 is 0 Å². The zero-order chi connectivity index (χ0) is 8.27. The van der Waals surface area contributed by atoms with Crippen LogP contribution in [0.4, 0.5) is 4.39 Å². The first kappa shape index (κ1) is 7.79. The predicted molar refractivity (Wildman–Crippen MR) is 42.8 cm³/mol. The van der Waals surface area contributed by atoms with Crippen molar-refractivity contribution < 1.29 is 9.50 Å². The Hall–Kier alpha value is -1.31. The molecular weight excluding hydrogens is 143 g/mol. The third-order valence-corrected chi connectivity index (χ3v) is 1.35. The van der Waals surface area contributed by atoms with Crippen molar-refractivity contribution in [2.45, 2.75) is 6.92 Å². The first-order valence-electron chi connectivity index (χ1n) is 3.36. The molecule has 11 heavy (non-hydrogen) atoms. The lowest BCUT2D eigenvalue weighted by Crippen LogP contribution is -1.80. The Kier molecular flexibility index (Phi) is 2.26. The molecule has 0 saturated carbocycles. The van der Waals surface area contributed by atoms with E-state index < -0.39 is 5.82 Å². The highest BCUT2D eigenvalue weighted by Gasteiger charge is 2.01. The molecule has 0 fully saturated rings. The number of benzene rings is 1. The zero-order valence-corrected chi connectivity index (χ0v) is 6.21. The summed E-state index contributed by atoms with van der Waals surface area (Å²) in [5.41, 5.74) is 0.410. The largest absolute Gasteiger partial charge is 0.505 e. The Morgan fingerprint density at radius 1 is 1.45 bits per heavy atom. The second kappa shape index (κ2) is 3.19. The summed E-state index contributed by atoms with van der Waals surface area (Å²) in [7, 11) is 0. The fraction of sp³-hybridized carbons (Fsp3) is 0.111. The fourth-order valence-corrected chi connectivity index (χ4v) is 0.845. The van der Waals surface area contributed by atoms with Crippen LogP contribution in [0.1, 0.15) is 12.5 Å². The first-order valence-corrected chi connectivity index (χ1v) is 3.36. The fourth-order valence-electron chi connectivity index (χ4n) is 0.845. The first-order chi connectivity index (χ1) is 5.25. The molecule has 1 N–H and O–H groups in total. The molecule has 0 spiro atoms. The highest BCUT2D eigenvalue weighted by atomic mass is 19.1. The minimum absolute atomic E-state index is 0.305. The summed E-state index contributed by atoms with van der Waals surface area (Å²) in [6.45, 7) is 1.80. The van der Waals surface area contributed by atoms with E-state index in [-0.39, 0.29) is 5.75 Å². The monoisotopic (exact) mass is 152 g/mol. The summed E-state index contributed by atoms with van der Waals surface area (Å²) < 4.78 is 12.9. The lowest BCUT2D eigenvalue weighted by Gasteiger charge is -1.97. The Morgan fingerprint density at radius 3 is 2.82 bits per heavy atom. The van der Waals surface area contributed by atoms with Crippen LogP contribution < -0.4 is 0 Å². The summed E-state index contributed by atoms with van der Waals surface area (Å²) in [5.74, 6) is -0.869. The van der Waals surface area contributed by atoms with Crippen molar-refractivity contribution in [3.8, 4) is 5.75 Å². The maximum Gasteiger partial charge on any atom is 0.171 e. The maximum atomic E-state index is 12.9. The average Bonchev–Trinajstić information content (AvgIpc) is 1.99. The molecule has 0 radical (unpaired) electrons. The minimum atomic E-state index is -0.564. The van der Waals surface area contributed by atoms with Gasteiger partial charge < -0.3 is 5.11 Å². The number of aromatic hydroxyl groups is 1. The maximum absolute atomic E-state index is 12.9. The SMILES string of the molecule is CC=Cc1cccc(O)c1F. The van der Waals surface area contributed by atoms with Crippen molar-refractivity contribution >= 4 is 6.08 Å². The molecule has 0 heterocycles. The van der Waals surface area contributed by atoms with Crippen LogP contribution in [0.15, 0.2) is 24.3 Å². The molecule has 0 aromatic heterocycles. The van der Waals surface area contributed by atoms with Crippen LogP contribution in [-0.4, -0.2) is 5.11 Å². The van der Waals surface area contributed by atoms with Gasteiger partial charge in [-0.15, -0.1) is 0 Å². The van der Waals surface area contributed by atoms with Gasteiger partial charge >= 0.3 is 0 Å². The van der Waals surface area contributed by atoms with Gasteiger partial charge in [-0.2, -0.15) is 0 Å². The van der Waals surface area contributed by atoms with E-state index in [2.05, 4.69) is 0 Å². The van der Waals surface area contributed by atoms with E-state index in [9.17, 15) is 4.39 Å². The smallest absolute Gasteiger partial charge is 0.171 e. The number of phenols is 1. The van der Waals surface area contributed by atoms with Gasteiger partial charge in [-0.05, 0) is 13.0 Å². The van der Waals surface area contributed by atoms with Crippen molar-refractivity contribution in [2.75, 3.05) is 0 Å². The van der Waals surface area contributed by atoms with Crippen LogP contribution in [0.3, 0.4) is 0 Å². The van der Waals surface area contributed by atoms with Gasteiger partial charge in [0.1, 0.15) is 0 Å². The van der Waals surface area contributed by atoms with Gasteiger partial charge in [0.05, 0.1) is 0 Å². The van der Waals surface area contributed by atoms with Crippen molar-refractivity contribution in [3.63, 3.8) is 0 Å². The van der Waals surface area contributed by atoms with Gasteiger partial charge in [-0.25, -0.2) is 4.39 Å². The van der Waals surface area contributed by atoms with Crippen LogP contribution in [0.25, 0.3) is 6.08 Å². The quantitative estimate of drug-likeness (QED) is 0.655. The van der Waals surface area contributed by atoms with Crippen LogP contribution in [0.2, 0.25) is 0 Å². The minimum Gasteiger partial charge on any atom is -0.505 e. The van der Waals surface area contributed by atoms with E-state index >= 15 is 0 Å². The predicted octanol–water partition coefficient (Wildman–Crippen LogP) is 2.56. The van der Waals surface area contributed by atoms with E-state index in [4.69, 9.17) is 5.11 Å². The van der Waals surface area contributed by atoms with E-state index in [1.807, 2.05) is 0 Å². The average molecular weight is 152 g/mol. The molecule has 1 rings (SSSR count). The summed E-state index contributed by atoms with van der Waals surface area (Å²) in [6.07, 6.45) is 3.33. The van der Waals surface area contributed by atoms with Crippen molar-refractivity contribution in [3.05, 3.63) is 35.7 Å². The number of hydrogen-bond donors (Lipinski definition) is 1. The Balaban J connectivity index is 3.16. The topological polar surface area (TPSA) is 20.2 Å². The summed E-state index contributed by atoms with van der Waals surface area (Å²) in [4.78, 5) is 0. The molecule has 1 nitrogen and oxygen atoms in total. The van der Waals surface area contributed by atoms with E-state index in [0.717, 1.165) is 0 Å². The van der Waals surface area contributed by atoms with Crippen molar-refractivity contribution in [2.24, 2.45) is 0 Å². The molecule has 0 amide bonds. The second-order valence-electron chi connectivity index (χ2n) is 2.18. The summed E-state index contributed by atoms with van der Waals surface area (Å²) in [6, 6.07) is 4.53. The van der Waals surface area contributed by atoms with Crippen LogP contribution in [-0.2, 0) is 0 Å². The molecule has 0 unspecified atom stereocenters.